The first kappa shape index (κ1) is 10.4. The van der Waals surface area contributed by atoms with E-state index in [4.69, 9.17) is 5.73 Å². The van der Waals surface area contributed by atoms with Gasteiger partial charge in [-0.15, -0.1) is 0 Å². The molecule has 1 aliphatic carbocycles. The number of rotatable bonds is 1. The van der Waals surface area contributed by atoms with Crippen molar-refractivity contribution in [2.75, 3.05) is 0 Å². The molecule has 1 nitrogen and oxygen atoms in total. The molecule has 1 aliphatic rings. The molecule has 1 fully saturated rings. The number of hydrogen-bond acceptors (Lipinski definition) is 1. The monoisotopic (exact) mass is 301 g/mol. The van der Waals surface area contributed by atoms with Crippen molar-refractivity contribution in [1.82, 2.24) is 0 Å². The Kier molecular flexibility index (Phi) is 3.44. The molecule has 1 saturated carbocycles. The highest BCUT2D eigenvalue weighted by Crippen LogP contribution is 2.32. The lowest BCUT2D eigenvalue weighted by Gasteiger charge is -2.26. The van der Waals surface area contributed by atoms with Crippen LogP contribution in [0.15, 0.2) is 24.3 Å². The van der Waals surface area contributed by atoms with Crippen LogP contribution in [0.2, 0.25) is 0 Å². The fourth-order valence-corrected chi connectivity index (χ4v) is 2.86. The fraction of sp³-hybridized carbons (Fsp3) is 0.500. The summed E-state index contributed by atoms with van der Waals surface area (Å²) in [5.74, 6) is 0.702. The summed E-state index contributed by atoms with van der Waals surface area (Å²) in [6, 6.07) is 9.25. The van der Waals surface area contributed by atoms with Crippen molar-refractivity contribution < 1.29 is 0 Å². The molecule has 76 valence electrons. The number of benzene rings is 1. The van der Waals surface area contributed by atoms with Crippen LogP contribution in [0.5, 0.6) is 0 Å². The summed E-state index contributed by atoms with van der Waals surface area (Å²) in [6.07, 6.45) is 4.98. The smallest absolute Gasteiger partial charge is 0.0133 e. The van der Waals surface area contributed by atoms with Crippen molar-refractivity contribution in [1.29, 1.82) is 0 Å². The Balaban J connectivity index is 2.14. The van der Waals surface area contributed by atoms with Crippen molar-refractivity contribution in [2.45, 2.75) is 37.6 Å². The van der Waals surface area contributed by atoms with Gasteiger partial charge in [-0.25, -0.2) is 0 Å². The van der Waals surface area contributed by atoms with E-state index in [9.17, 15) is 0 Å². The summed E-state index contributed by atoms with van der Waals surface area (Å²) >= 11 is 2.38. The van der Waals surface area contributed by atoms with Gasteiger partial charge in [0.2, 0.25) is 0 Å². The molecule has 2 atom stereocenters. The van der Waals surface area contributed by atoms with Crippen LogP contribution in [0.4, 0.5) is 0 Å². The molecule has 2 N–H and O–H groups in total. The minimum absolute atomic E-state index is 0.423. The molecular formula is C12H16IN. The summed E-state index contributed by atoms with van der Waals surface area (Å²) < 4.78 is 1.33. The molecule has 0 heterocycles. The quantitative estimate of drug-likeness (QED) is 0.792. The summed E-state index contributed by atoms with van der Waals surface area (Å²) in [5.41, 5.74) is 7.48. The minimum Gasteiger partial charge on any atom is -0.328 e. The van der Waals surface area contributed by atoms with Gasteiger partial charge in [-0.3, -0.25) is 0 Å². The molecule has 0 unspecified atom stereocenters. The van der Waals surface area contributed by atoms with E-state index < -0.39 is 0 Å². The third kappa shape index (κ3) is 2.48. The van der Waals surface area contributed by atoms with E-state index in [-0.39, 0.29) is 0 Å². The van der Waals surface area contributed by atoms with Crippen LogP contribution in [0, 0.1) is 3.57 Å². The summed E-state index contributed by atoms with van der Waals surface area (Å²) in [6.45, 7) is 0. The Bertz CT molecular complexity index is 311. The van der Waals surface area contributed by atoms with E-state index in [1.54, 1.807) is 0 Å². The van der Waals surface area contributed by atoms with Crippen LogP contribution in [0.3, 0.4) is 0 Å². The zero-order valence-electron chi connectivity index (χ0n) is 8.25. The van der Waals surface area contributed by atoms with Crippen LogP contribution in [-0.4, -0.2) is 6.04 Å². The molecule has 0 radical (unpaired) electrons. The van der Waals surface area contributed by atoms with Gasteiger partial charge < -0.3 is 5.73 Å². The van der Waals surface area contributed by atoms with Crippen LogP contribution >= 0.6 is 22.6 Å². The van der Waals surface area contributed by atoms with Crippen molar-refractivity contribution >= 4 is 22.6 Å². The third-order valence-electron chi connectivity index (χ3n) is 3.03. The van der Waals surface area contributed by atoms with E-state index in [1.165, 1.54) is 34.8 Å². The summed E-state index contributed by atoms with van der Waals surface area (Å²) in [7, 11) is 0. The first-order chi connectivity index (χ1) is 6.75. The number of halogens is 1. The Labute approximate surface area is 99.2 Å². The average molecular weight is 301 g/mol. The largest absolute Gasteiger partial charge is 0.328 e. The highest BCUT2D eigenvalue weighted by Gasteiger charge is 2.20. The second-order valence-electron chi connectivity index (χ2n) is 4.18. The summed E-state index contributed by atoms with van der Waals surface area (Å²) in [5, 5.41) is 0. The van der Waals surface area contributed by atoms with Gasteiger partial charge in [0.15, 0.2) is 0 Å². The van der Waals surface area contributed by atoms with Gasteiger partial charge in [0, 0.05) is 9.61 Å². The molecule has 2 rings (SSSR count). The van der Waals surface area contributed by atoms with E-state index in [0.29, 0.717) is 12.0 Å². The average Bonchev–Trinajstić information content (AvgIpc) is 2.18. The fourth-order valence-electron chi connectivity index (χ4n) is 2.29. The first-order valence-corrected chi connectivity index (χ1v) is 6.34. The van der Waals surface area contributed by atoms with Crippen LogP contribution in [-0.2, 0) is 0 Å². The van der Waals surface area contributed by atoms with E-state index >= 15 is 0 Å². The zero-order chi connectivity index (χ0) is 9.97. The van der Waals surface area contributed by atoms with Crippen LogP contribution < -0.4 is 5.73 Å². The highest BCUT2D eigenvalue weighted by atomic mass is 127. The third-order valence-corrected chi connectivity index (χ3v) is 3.71. The van der Waals surface area contributed by atoms with E-state index in [2.05, 4.69) is 46.9 Å². The lowest BCUT2D eigenvalue weighted by Crippen LogP contribution is -2.26. The molecule has 0 saturated heterocycles. The maximum absolute atomic E-state index is 6.00. The predicted octanol–water partition coefficient (Wildman–Crippen LogP) is 3.28. The van der Waals surface area contributed by atoms with Gasteiger partial charge in [0.25, 0.3) is 0 Å². The highest BCUT2D eigenvalue weighted by molar-refractivity contribution is 14.1. The Morgan fingerprint density at radius 1 is 1.29 bits per heavy atom. The number of hydrogen-bond donors (Lipinski definition) is 1. The van der Waals surface area contributed by atoms with Gasteiger partial charge >= 0.3 is 0 Å². The van der Waals surface area contributed by atoms with Gasteiger partial charge in [0.05, 0.1) is 0 Å². The van der Waals surface area contributed by atoms with Crippen molar-refractivity contribution in [3.05, 3.63) is 33.4 Å². The van der Waals surface area contributed by atoms with Crippen LogP contribution in [0.1, 0.15) is 37.2 Å². The Hall–Kier alpha value is -0.0900. The molecule has 0 aliphatic heterocycles. The molecule has 14 heavy (non-hydrogen) atoms. The lowest BCUT2D eigenvalue weighted by molar-refractivity contribution is 0.393. The molecular weight excluding hydrogens is 285 g/mol. The second-order valence-corrected chi connectivity index (χ2v) is 5.42. The Morgan fingerprint density at radius 3 is 2.86 bits per heavy atom. The molecule has 2 heteroatoms. The van der Waals surface area contributed by atoms with Gasteiger partial charge in [-0.05, 0) is 65.5 Å². The molecule has 1 aromatic rings. The van der Waals surface area contributed by atoms with E-state index in [1.807, 2.05) is 0 Å². The lowest BCUT2D eigenvalue weighted by atomic mass is 9.82. The van der Waals surface area contributed by atoms with Crippen molar-refractivity contribution in [3.8, 4) is 0 Å². The first-order valence-electron chi connectivity index (χ1n) is 5.27. The molecule has 0 aromatic heterocycles. The van der Waals surface area contributed by atoms with Crippen LogP contribution in [0.25, 0.3) is 0 Å². The van der Waals surface area contributed by atoms with Gasteiger partial charge in [-0.2, -0.15) is 0 Å². The SMILES string of the molecule is N[C@H]1CCC[C@H](c2cccc(I)c2)C1. The molecule has 0 spiro atoms. The zero-order valence-corrected chi connectivity index (χ0v) is 10.4. The molecule has 0 amide bonds. The second kappa shape index (κ2) is 4.62. The summed E-state index contributed by atoms with van der Waals surface area (Å²) in [4.78, 5) is 0. The number of nitrogens with two attached hydrogens (primary N) is 1. The normalized spacial score (nSPS) is 27.6. The van der Waals surface area contributed by atoms with Crippen molar-refractivity contribution in [3.63, 3.8) is 0 Å². The topological polar surface area (TPSA) is 26.0 Å². The maximum atomic E-state index is 6.00. The predicted molar refractivity (Wildman–Crippen MR) is 68.3 cm³/mol. The Morgan fingerprint density at radius 2 is 2.14 bits per heavy atom. The standard InChI is InChI=1S/C12H16IN/c13-11-5-1-3-9(7-11)10-4-2-6-12(14)8-10/h1,3,5,7,10,12H,2,4,6,8,14H2/t10-,12-/m0/s1. The van der Waals surface area contributed by atoms with Crippen molar-refractivity contribution in [2.24, 2.45) is 5.73 Å². The van der Waals surface area contributed by atoms with E-state index in [0.717, 1.165) is 0 Å². The van der Waals surface area contributed by atoms with Gasteiger partial charge in [0.1, 0.15) is 0 Å². The molecule has 0 bridgehead atoms. The minimum atomic E-state index is 0.423. The molecule has 1 aromatic carbocycles. The van der Waals surface area contributed by atoms with Gasteiger partial charge in [-0.1, -0.05) is 18.6 Å². The maximum Gasteiger partial charge on any atom is 0.0133 e.